The van der Waals surface area contributed by atoms with Crippen LogP contribution in [0.2, 0.25) is 0 Å². The van der Waals surface area contributed by atoms with Gasteiger partial charge in [-0.2, -0.15) is 0 Å². The molecule has 0 bridgehead atoms. The summed E-state index contributed by atoms with van der Waals surface area (Å²) in [6.07, 6.45) is 0.925. The number of aryl methyl sites for hydroxylation is 1. The minimum absolute atomic E-state index is 0.0595. The average Bonchev–Trinajstić information content (AvgIpc) is 2.90. The molecule has 3 aromatic rings. The molecule has 0 aliphatic heterocycles. The predicted octanol–water partition coefficient (Wildman–Crippen LogP) is 3.42. The van der Waals surface area contributed by atoms with Crippen LogP contribution < -0.4 is 11.3 Å². The minimum atomic E-state index is -0.0595. The molecule has 21 heavy (non-hydrogen) atoms. The molecule has 0 saturated heterocycles. The van der Waals surface area contributed by atoms with Crippen molar-refractivity contribution in [1.82, 2.24) is 9.97 Å². The molecule has 0 atom stereocenters. The zero-order valence-corrected chi connectivity index (χ0v) is 13.2. The van der Waals surface area contributed by atoms with E-state index in [1.54, 1.807) is 11.3 Å². The van der Waals surface area contributed by atoms with E-state index >= 15 is 0 Å². The number of thiophene rings is 1. The van der Waals surface area contributed by atoms with Crippen molar-refractivity contribution >= 4 is 39.0 Å². The average molecular weight is 317 g/mol. The number of anilines is 1. The number of H-pyrrole nitrogens is 1. The second-order valence-electron chi connectivity index (χ2n) is 4.69. The maximum absolute atomic E-state index is 12.1. The number of fused-ring (bicyclic) bond motifs is 1. The molecule has 0 unspecified atom stereocenters. The highest BCUT2D eigenvalue weighted by Crippen LogP contribution is 2.25. The van der Waals surface area contributed by atoms with E-state index in [0.29, 0.717) is 10.5 Å². The maximum atomic E-state index is 12.1. The van der Waals surface area contributed by atoms with Gasteiger partial charge in [-0.1, -0.05) is 30.8 Å². The Morgan fingerprint density at radius 1 is 1.33 bits per heavy atom. The summed E-state index contributed by atoms with van der Waals surface area (Å²) in [6.45, 7) is 2.08. The monoisotopic (exact) mass is 317 g/mol. The lowest BCUT2D eigenvalue weighted by Gasteiger charge is -2.02. The number of benzene rings is 1. The summed E-state index contributed by atoms with van der Waals surface area (Å²) in [7, 11) is 0. The van der Waals surface area contributed by atoms with Gasteiger partial charge in [-0.05, 0) is 30.2 Å². The number of nitrogens with one attached hydrogen (secondary N) is 1. The standard InChI is InChI=1S/C15H15N3OS2/c1-2-11-7-12-13(19)17-15(18-14(12)21-11)20-8-9-3-5-10(16)6-4-9/h3-7H,2,8,16H2,1H3,(H,17,18,19). The molecule has 0 spiro atoms. The van der Waals surface area contributed by atoms with Crippen molar-refractivity contribution in [3.63, 3.8) is 0 Å². The number of aromatic nitrogens is 2. The van der Waals surface area contributed by atoms with Crippen LogP contribution in [0.1, 0.15) is 17.4 Å². The summed E-state index contributed by atoms with van der Waals surface area (Å²) in [6, 6.07) is 9.66. The minimum Gasteiger partial charge on any atom is -0.399 e. The number of hydrogen-bond donors (Lipinski definition) is 2. The van der Waals surface area contributed by atoms with Crippen molar-refractivity contribution in [2.75, 3.05) is 5.73 Å². The number of hydrogen-bond acceptors (Lipinski definition) is 5. The molecule has 6 heteroatoms. The van der Waals surface area contributed by atoms with Gasteiger partial charge in [0, 0.05) is 16.3 Å². The molecule has 1 aromatic carbocycles. The number of aromatic amines is 1. The van der Waals surface area contributed by atoms with Crippen molar-refractivity contribution < 1.29 is 0 Å². The second-order valence-corrected chi connectivity index (χ2v) is 6.77. The molecule has 0 radical (unpaired) electrons. The molecule has 2 aromatic heterocycles. The Morgan fingerprint density at radius 3 is 2.81 bits per heavy atom. The zero-order chi connectivity index (χ0) is 14.8. The fourth-order valence-corrected chi connectivity index (χ4v) is 3.81. The zero-order valence-electron chi connectivity index (χ0n) is 11.6. The Balaban J connectivity index is 1.83. The van der Waals surface area contributed by atoms with Gasteiger partial charge >= 0.3 is 0 Å². The third kappa shape index (κ3) is 3.11. The quantitative estimate of drug-likeness (QED) is 0.439. The van der Waals surface area contributed by atoms with E-state index in [4.69, 9.17) is 5.73 Å². The van der Waals surface area contributed by atoms with Crippen LogP contribution in [0, 0.1) is 0 Å². The van der Waals surface area contributed by atoms with E-state index in [-0.39, 0.29) is 5.56 Å². The molecule has 0 aliphatic rings. The highest BCUT2D eigenvalue weighted by molar-refractivity contribution is 7.98. The van der Waals surface area contributed by atoms with Crippen molar-refractivity contribution in [2.45, 2.75) is 24.3 Å². The molecule has 2 heterocycles. The molecule has 4 nitrogen and oxygen atoms in total. The van der Waals surface area contributed by atoms with Crippen molar-refractivity contribution in [3.05, 3.63) is 51.1 Å². The van der Waals surface area contributed by atoms with Gasteiger partial charge in [0.05, 0.1) is 5.39 Å². The van der Waals surface area contributed by atoms with Gasteiger partial charge in [-0.3, -0.25) is 4.79 Å². The van der Waals surface area contributed by atoms with E-state index < -0.39 is 0 Å². The van der Waals surface area contributed by atoms with Gasteiger partial charge in [0.1, 0.15) is 4.83 Å². The number of rotatable bonds is 4. The van der Waals surface area contributed by atoms with E-state index in [2.05, 4.69) is 16.9 Å². The van der Waals surface area contributed by atoms with Crippen molar-refractivity contribution in [3.8, 4) is 0 Å². The molecule has 0 fully saturated rings. The molecular formula is C15H15N3OS2. The van der Waals surface area contributed by atoms with Crippen LogP contribution >= 0.6 is 23.1 Å². The summed E-state index contributed by atoms with van der Waals surface area (Å²) in [5.74, 6) is 0.751. The molecular weight excluding hydrogens is 302 g/mol. The van der Waals surface area contributed by atoms with Crippen LogP contribution in [0.4, 0.5) is 5.69 Å². The lowest BCUT2D eigenvalue weighted by molar-refractivity contribution is 0.979. The Morgan fingerprint density at radius 2 is 2.10 bits per heavy atom. The van der Waals surface area contributed by atoms with Crippen LogP contribution in [0.5, 0.6) is 0 Å². The molecule has 108 valence electrons. The SMILES string of the molecule is CCc1cc2c(=O)[nH]c(SCc3ccc(N)cc3)nc2s1. The molecule has 0 saturated carbocycles. The lowest BCUT2D eigenvalue weighted by atomic mass is 10.2. The second kappa shape index (κ2) is 5.91. The van der Waals surface area contributed by atoms with Gasteiger partial charge in [-0.15, -0.1) is 11.3 Å². The third-order valence-corrected chi connectivity index (χ3v) is 5.25. The number of thioether (sulfide) groups is 1. The number of nitrogens with zero attached hydrogens (tertiary/aromatic N) is 1. The first-order valence-electron chi connectivity index (χ1n) is 6.65. The van der Waals surface area contributed by atoms with E-state index in [1.165, 1.54) is 16.6 Å². The summed E-state index contributed by atoms with van der Waals surface area (Å²) in [4.78, 5) is 21.5. The predicted molar refractivity (Wildman–Crippen MR) is 90.0 cm³/mol. The van der Waals surface area contributed by atoms with Gasteiger partial charge in [-0.25, -0.2) is 4.98 Å². The highest BCUT2D eigenvalue weighted by Gasteiger charge is 2.08. The normalized spacial score (nSPS) is 11.1. The largest absolute Gasteiger partial charge is 0.399 e. The third-order valence-electron chi connectivity index (χ3n) is 3.14. The molecule has 3 N–H and O–H groups in total. The van der Waals surface area contributed by atoms with Crippen LogP contribution in [0.3, 0.4) is 0 Å². The topological polar surface area (TPSA) is 71.8 Å². The van der Waals surface area contributed by atoms with Gasteiger partial charge in [0.2, 0.25) is 0 Å². The highest BCUT2D eigenvalue weighted by atomic mass is 32.2. The Hall–Kier alpha value is -1.79. The maximum Gasteiger partial charge on any atom is 0.260 e. The van der Waals surface area contributed by atoms with Crippen molar-refractivity contribution in [1.29, 1.82) is 0 Å². The van der Waals surface area contributed by atoms with Crippen LogP contribution in [-0.4, -0.2) is 9.97 Å². The van der Waals surface area contributed by atoms with E-state index in [1.807, 2.05) is 30.3 Å². The van der Waals surface area contributed by atoms with Gasteiger partial charge in [0.25, 0.3) is 5.56 Å². The first-order valence-corrected chi connectivity index (χ1v) is 8.46. The molecule has 0 amide bonds. The fourth-order valence-electron chi connectivity index (χ4n) is 1.97. The Kier molecular flexibility index (Phi) is 3.98. The van der Waals surface area contributed by atoms with E-state index in [0.717, 1.165) is 28.3 Å². The van der Waals surface area contributed by atoms with Crippen LogP contribution in [-0.2, 0) is 12.2 Å². The number of nitrogens with two attached hydrogens (primary N) is 1. The number of nitrogen functional groups attached to an aromatic ring is 1. The van der Waals surface area contributed by atoms with E-state index in [9.17, 15) is 4.79 Å². The summed E-state index contributed by atoms with van der Waals surface area (Å²) in [5.41, 5.74) is 7.51. The van der Waals surface area contributed by atoms with Gasteiger partial charge < -0.3 is 10.7 Å². The smallest absolute Gasteiger partial charge is 0.260 e. The summed E-state index contributed by atoms with van der Waals surface area (Å²) in [5, 5.41) is 1.35. The first-order chi connectivity index (χ1) is 10.2. The molecule has 3 rings (SSSR count). The Labute approximate surface area is 130 Å². The first kappa shape index (κ1) is 14.2. The Bertz CT molecular complexity index is 821. The van der Waals surface area contributed by atoms with Crippen LogP contribution in [0.15, 0.2) is 40.3 Å². The summed E-state index contributed by atoms with van der Waals surface area (Å²) < 4.78 is 0. The van der Waals surface area contributed by atoms with Gasteiger partial charge in [0.15, 0.2) is 5.16 Å². The lowest BCUT2D eigenvalue weighted by Crippen LogP contribution is -2.07. The molecule has 0 aliphatic carbocycles. The summed E-state index contributed by atoms with van der Waals surface area (Å²) >= 11 is 3.11. The van der Waals surface area contributed by atoms with Crippen molar-refractivity contribution in [2.24, 2.45) is 0 Å². The van der Waals surface area contributed by atoms with Crippen LogP contribution in [0.25, 0.3) is 10.2 Å². The fraction of sp³-hybridized carbons (Fsp3) is 0.200.